The van der Waals surface area contributed by atoms with Gasteiger partial charge in [0.25, 0.3) is 11.8 Å². The lowest BCUT2D eigenvalue weighted by Gasteiger charge is -2.25. The largest absolute Gasteiger partial charge is 0.390 e. The molecule has 0 unspecified atom stereocenters. The van der Waals surface area contributed by atoms with Crippen molar-refractivity contribution in [2.24, 2.45) is 0 Å². The Bertz CT molecular complexity index is 1300. The van der Waals surface area contributed by atoms with Crippen molar-refractivity contribution in [1.82, 2.24) is 15.5 Å². The van der Waals surface area contributed by atoms with Crippen LogP contribution in [0.25, 0.3) is 0 Å². The lowest BCUT2D eigenvalue weighted by molar-refractivity contribution is 0.0755. The van der Waals surface area contributed by atoms with E-state index >= 15 is 0 Å². The van der Waals surface area contributed by atoms with E-state index in [0.717, 1.165) is 27.5 Å². The molecule has 0 aliphatic rings. The summed E-state index contributed by atoms with van der Waals surface area (Å²) in [6, 6.07) is 22.2. The molecule has 3 N–H and O–H groups in total. The zero-order valence-corrected chi connectivity index (χ0v) is 25.4. The topological polar surface area (TPSA) is 81.7 Å². The number of rotatable bonds is 14. The molecule has 3 aromatic carbocycles. The number of halogens is 1. The Morgan fingerprint density at radius 3 is 2.27 bits per heavy atom. The number of amides is 2. The molecule has 3 rings (SSSR count). The number of carbonyl (C=O) groups excluding carboxylic acids is 2. The molecule has 0 aromatic heterocycles. The highest BCUT2D eigenvalue weighted by Gasteiger charge is 2.24. The highest BCUT2D eigenvalue weighted by Crippen LogP contribution is 2.15. The number of nitrogens with one attached hydrogen (secondary N) is 2. The maximum absolute atomic E-state index is 13.5. The molecule has 0 radical (unpaired) electrons. The van der Waals surface area contributed by atoms with Crippen LogP contribution in [0.5, 0.6) is 0 Å². The molecule has 0 saturated heterocycles. The third-order valence-electron chi connectivity index (χ3n) is 6.53. The van der Waals surface area contributed by atoms with Gasteiger partial charge in [0.2, 0.25) is 0 Å². The summed E-state index contributed by atoms with van der Waals surface area (Å²) in [5, 5.41) is 17.5. The third kappa shape index (κ3) is 9.47. The molecule has 0 heterocycles. The van der Waals surface area contributed by atoms with Crippen LogP contribution in [0.15, 0.2) is 72.8 Å². The average Bonchev–Trinajstić information content (AvgIpc) is 2.96. The van der Waals surface area contributed by atoms with Gasteiger partial charge in [0, 0.05) is 46.4 Å². The van der Waals surface area contributed by atoms with E-state index in [-0.39, 0.29) is 11.8 Å². The monoisotopic (exact) mass is 651 g/mol. The molecule has 3 aromatic rings. The summed E-state index contributed by atoms with van der Waals surface area (Å²) in [6.45, 7) is 6.21. The summed E-state index contributed by atoms with van der Waals surface area (Å²) in [7, 11) is 0. The van der Waals surface area contributed by atoms with E-state index in [0.29, 0.717) is 49.3 Å². The summed E-state index contributed by atoms with van der Waals surface area (Å²) in [4.78, 5) is 28.6. The standard InChI is InChI=1S/C33H38IN3O3/c1-4-15-37(16-5-2)33(40)28-18-24(6-3)17-27(21-28)32(39)36-30(20-25-11-8-7-9-12-25)31(38)23-35-22-26-13-10-14-29(34)19-26/h3,7-14,17-19,21,30-31,35,38H,4-5,15-16,20,22-23H2,1-2H3,(H,36,39)/t30-,31+/m0/s1. The van der Waals surface area contributed by atoms with Gasteiger partial charge >= 0.3 is 0 Å². The molecule has 0 aliphatic heterocycles. The number of aliphatic hydroxyl groups is 1. The van der Waals surface area contributed by atoms with Crippen LogP contribution < -0.4 is 10.6 Å². The van der Waals surface area contributed by atoms with Gasteiger partial charge in [-0.1, -0.05) is 62.2 Å². The highest BCUT2D eigenvalue weighted by atomic mass is 127. The average molecular weight is 652 g/mol. The van der Waals surface area contributed by atoms with Crippen LogP contribution >= 0.6 is 22.6 Å². The van der Waals surface area contributed by atoms with E-state index in [1.54, 1.807) is 23.1 Å². The van der Waals surface area contributed by atoms with Gasteiger partial charge in [-0.3, -0.25) is 9.59 Å². The molecular formula is C33H38IN3O3. The van der Waals surface area contributed by atoms with Crippen LogP contribution in [0.3, 0.4) is 0 Å². The number of carbonyl (C=O) groups is 2. The van der Waals surface area contributed by atoms with E-state index in [9.17, 15) is 14.7 Å². The van der Waals surface area contributed by atoms with Crippen LogP contribution in [-0.2, 0) is 13.0 Å². The van der Waals surface area contributed by atoms with Crippen molar-refractivity contribution in [1.29, 1.82) is 0 Å². The van der Waals surface area contributed by atoms with E-state index in [4.69, 9.17) is 6.42 Å². The van der Waals surface area contributed by atoms with Crippen LogP contribution in [0.4, 0.5) is 0 Å². The summed E-state index contributed by atoms with van der Waals surface area (Å²) in [5.74, 6) is 2.04. The van der Waals surface area contributed by atoms with Gasteiger partial charge in [-0.2, -0.15) is 0 Å². The maximum Gasteiger partial charge on any atom is 0.253 e. The first kappa shape index (κ1) is 31.3. The number of nitrogens with zero attached hydrogens (tertiary/aromatic N) is 1. The smallest absolute Gasteiger partial charge is 0.253 e. The Labute approximate surface area is 251 Å². The molecule has 2 atom stereocenters. The van der Waals surface area contributed by atoms with Gasteiger partial charge in [-0.15, -0.1) is 6.42 Å². The molecule has 0 aliphatic carbocycles. The Balaban J connectivity index is 1.79. The van der Waals surface area contributed by atoms with Crippen molar-refractivity contribution in [3.05, 3.63) is 104 Å². The fraction of sp³-hybridized carbons (Fsp3) is 0.333. The van der Waals surface area contributed by atoms with Crippen LogP contribution in [0.1, 0.15) is 64.1 Å². The molecule has 210 valence electrons. The SMILES string of the molecule is C#Cc1cc(C(=O)N[C@@H](Cc2ccccc2)[C@H](O)CNCc2cccc(I)c2)cc(C(=O)N(CCC)CCC)c1. The minimum Gasteiger partial charge on any atom is -0.390 e. The normalized spacial score (nSPS) is 12.3. The first-order valence-corrected chi connectivity index (χ1v) is 14.8. The second kappa shape index (κ2) is 16.2. The van der Waals surface area contributed by atoms with Gasteiger partial charge < -0.3 is 20.6 Å². The molecule has 0 fully saturated rings. The lowest BCUT2D eigenvalue weighted by Crippen LogP contribution is -2.48. The fourth-order valence-electron chi connectivity index (χ4n) is 4.56. The number of hydrogen-bond acceptors (Lipinski definition) is 4. The second-order valence-electron chi connectivity index (χ2n) is 9.83. The quantitative estimate of drug-likeness (QED) is 0.169. The first-order valence-electron chi connectivity index (χ1n) is 13.7. The van der Waals surface area contributed by atoms with Gasteiger partial charge in [-0.05, 0) is 83.3 Å². The summed E-state index contributed by atoms with van der Waals surface area (Å²) >= 11 is 2.27. The molecule has 0 spiro atoms. The maximum atomic E-state index is 13.5. The molecule has 7 heteroatoms. The predicted molar refractivity (Wildman–Crippen MR) is 169 cm³/mol. The first-order chi connectivity index (χ1) is 19.3. The summed E-state index contributed by atoms with van der Waals surface area (Å²) < 4.78 is 1.14. The molecule has 40 heavy (non-hydrogen) atoms. The fourth-order valence-corrected chi connectivity index (χ4v) is 5.17. The van der Waals surface area contributed by atoms with Crippen LogP contribution in [-0.4, -0.2) is 53.6 Å². The van der Waals surface area contributed by atoms with Crippen LogP contribution in [0, 0.1) is 15.9 Å². The Kier molecular flexibility index (Phi) is 12.7. The van der Waals surface area contributed by atoms with Gasteiger partial charge in [-0.25, -0.2) is 0 Å². The van der Waals surface area contributed by atoms with Gasteiger partial charge in [0.05, 0.1) is 12.1 Å². The summed E-state index contributed by atoms with van der Waals surface area (Å²) in [5.41, 5.74) is 3.26. The Morgan fingerprint density at radius 1 is 0.950 bits per heavy atom. The van der Waals surface area contributed by atoms with Gasteiger partial charge in [0.15, 0.2) is 0 Å². The zero-order valence-electron chi connectivity index (χ0n) is 23.2. The van der Waals surface area contributed by atoms with E-state index in [1.807, 2.05) is 62.4 Å². The molecule has 0 saturated carbocycles. The number of terminal acetylenes is 1. The molecule has 0 bridgehead atoms. The summed E-state index contributed by atoms with van der Waals surface area (Å²) in [6.07, 6.45) is 6.96. The number of benzene rings is 3. The minimum absolute atomic E-state index is 0.143. The van der Waals surface area contributed by atoms with E-state index < -0.39 is 12.1 Å². The molecular weight excluding hydrogens is 613 g/mol. The van der Waals surface area contributed by atoms with E-state index in [2.05, 4.69) is 45.2 Å². The minimum atomic E-state index is -0.853. The van der Waals surface area contributed by atoms with Crippen molar-refractivity contribution in [2.75, 3.05) is 19.6 Å². The third-order valence-corrected chi connectivity index (χ3v) is 7.21. The Hall–Kier alpha value is -3.19. The van der Waals surface area contributed by atoms with Crippen molar-refractivity contribution < 1.29 is 14.7 Å². The predicted octanol–water partition coefficient (Wildman–Crippen LogP) is 5.03. The molecule has 2 amide bonds. The van der Waals surface area contributed by atoms with Crippen molar-refractivity contribution in [3.8, 4) is 12.3 Å². The second-order valence-corrected chi connectivity index (χ2v) is 11.1. The molecule has 6 nitrogen and oxygen atoms in total. The highest BCUT2D eigenvalue weighted by molar-refractivity contribution is 14.1. The number of hydrogen-bond donors (Lipinski definition) is 3. The van der Waals surface area contributed by atoms with Crippen LogP contribution in [0.2, 0.25) is 0 Å². The zero-order chi connectivity index (χ0) is 28.9. The van der Waals surface area contributed by atoms with Gasteiger partial charge in [0.1, 0.15) is 0 Å². The number of aliphatic hydroxyl groups excluding tert-OH is 1. The lowest BCUT2D eigenvalue weighted by atomic mass is 9.99. The van der Waals surface area contributed by atoms with E-state index in [1.165, 1.54) is 0 Å². The van der Waals surface area contributed by atoms with Crippen molar-refractivity contribution >= 4 is 34.4 Å². The Morgan fingerprint density at radius 2 is 1.62 bits per heavy atom. The van der Waals surface area contributed by atoms with Crippen molar-refractivity contribution in [2.45, 2.75) is 51.8 Å². The van der Waals surface area contributed by atoms with Crippen molar-refractivity contribution in [3.63, 3.8) is 0 Å².